The SMILES string of the molecule is CCOCCOc1cccc(NC(=O)c2ccccc2)c1. The van der Waals surface area contributed by atoms with Crippen molar-refractivity contribution in [3.63, 3.8) is 0 Å². The molecular weight excluding hydrogens is 266 g/mol. The van der Waals surface area contributed by atoms with Gasteiger partial charge in [0.05, 0.1) is 6.61 Å². The summed E-state index contributed by atoms with van der Waals surface area (Å²) in [7, 11) is 0. The van der Waals surface area contributed by atoms with Crippen LogP contribution in [-0.2, 0) is 4.74 Å². The lowest BCUT2D eigenvalue weighted by molar-refractivity contribution is 0.102. The first kappa shape index (κ1) is 15.1. The largest absolute Gasteiger partial charge is 0.491 e. The molecule has 0 aliphatic heterocycles. The number of anilines is 1. The van der Waals surface area contributed by atoms with Gasteiger partial charge in [0, 0.05) is 23.9 Å². The van der Waals surface area contributed by atoms with Gasteiger partial charge in [-0.25, -0.2) is 0 Å². The minimum Gasteiger partial charge on any atom is -0.491 e. The second-order valence-electron chi connectivity index (χ2n) is 4.39. The average Bonchev–Trinajstić information content (AvgIpc) is 2.53. The van der Waals surface area contributed by atoms with Crippen LogP contribution in [0.4, 0.5) is 5.69 Å². The van der Waals surface area contributed by atoms with Crippen LogP contribution >= 0.6 is 0 Å². The van der Waals surface area contributed by atoms with Crippen LogP contribution < -0.4 is 10.1 Å². The quantitative estimate of drug-likeness (QED) is 0.794. The van der Waals surface area contributed by atoms with Gasteiger partial charge in [0.1, 0.15) is 12.4 Å². The van der Waals surface area contributed by atoms with Crippen molar-refractivity contribution in [2.24, 2.45) is 0 Å². The van der Waals surface area contributed by atoms with Gasteiger partial charge >= 0.3 is 0 Å². The van der Waals surface area contributed by atoms with E-state index in [2.05, 4.69) is 5.32 Å². The third kappa shape index (κ3) is 4.93. The molecule has 21 heavy (non-hydrogen) atoms. The molecule has 0 saturated carbocycles. The average molecular weight is 285 g/mol. The Morgan fingerprint density at radius 2 is 1.86 bits per heavy atom. The van der Waals surface area contributed by atoms with E-state index in [9.17, 15) is 4.79 Å². The number of carbonyl (C=O) groups excluding carboxylic acids is 1. The van der Waals surface area contributed by atoms with Crippen molar-refractivity contribution in [2.45, 2.75) is 6.92 Å². The van der Waals surface area contributed by atoms with Crippen LogP contribution in [0.2, 0.25) is 0 Å². The normalized spacial score (nSPS) is 10.1. The van der Waals surface area contributed by atoms with Crippen LogP contribution in [0.1, 0.15) is 17.3 Å². The predicted octanol–water partition coefficient (Wildman–Crippen LogP) is 3.35. The summed E-state index contributed by atoms with van der Waals surface area (Å²) in [6.07, 6.45) is 0. The van der Waals surface area contributed by atoms with Gasteiger partial charge in [0.15, 0.2) is 0 Å². The number of ether oxygens (including phenoxy) is 2. The van der Waals surface area contributed by atoms with Gasteiger partial charge in [-0.05, 0) is 31.2 Å². The van der Waals surface area contributed by atoms with Crippen molar-refractivity contribution in [2.75, 3.05) is 25.1 Å². The number of carbonyl (C=O) groups is 1. The fourth-order valence-corrected chi connectivity index (χ4v) is 1.82. The smallest absolute Gasteiger partial charge is 0.255 e. The van der Waals surface area contributed by atoms with E-state index in [-0.39, 0.29) is 5.91 Å². The van der Waals surface area contributed by atoms with Crippen LogP contribution in [0, 0.1) is 0 Å². The molecule has 1 amide bonds. The summed E-state index contributed by atoms with van der Waals surface area (Å²) in [6, 6.07) is 16.4. The lowest BCUT2D eigenvalue weighted by Gasteiger charge is -2.09. The Hall–Kier alpha value is -2.33. The molecule has 0 aliphatic rings. The van der Waals surface area contributed by atoms with Crippen LogP contribution in [-0.4, -0.2) is 25.7 Å². The third-order valence-corrected chi connectivity index (χ3v) is 2.83. The Bertz CT molecular complexity index is 569. The van der Waals surface area contributed by atoms with Crippen LogP contribution in [0.5, 0.6) is 5.75 Å². The zero-order valence-corrected chi connectivity index (χ0v) is 12.0. The van der Waals surface area contributed by atoms with Crippen molar-refractivity contribution in [3.8, 4) is 5.75 Å². The topological polar surface area (TPSA) is 47.6 Å². The highest BCUT2D eigenvalue weighted by atomic mass is 16.5. The van der Waals surface area contributed by atoms with Crippen LogP contribution in [0.15, 0.2) is 54.6 Å². The fraction of sp³-hybridized carbons (Fsp3) is 0.235. The Balaban J connectivity index is 1.93. The third-order valence-electron chi connectivity index (χ3n) is 2.83. The molecule has 110 valence electrons. The van der Waals surface area contributed by atoms with Gasteiger partial charge in [-0.1, -0.05) is 24.3 Å². The molecular formula is C17H19NO3. The van der Waals surface area contributed by atoms with E-state index in [4.69, 9.17) is 9.47 Å². The number of nitrogens with one attached hydrogen (secondary N) is 1. The van der Waals surface area contributed by atoms with Gasteiger partial charge in [-0.3, -0.25) is 4.79 Å². The first-order chi connectivity index (χ1) is 10.3. The minimum atomic E-state index is -0.137. The molecule has 0 bridgehead atoms. The zero-order valence-electron chi connectivity index (χ0n) is 12.0. The summed E-state index contributed by atoms with van der Waals surface area (Å²) in [4.78, 5) is 12.1. The van der Waals surface area contributed by atoms with Gasteiger partial charge in [-0.2, -0.15) is 0 Å². The number of hydrogen-bond donors (Lipinski definition) is 1. The van der Waals surface area contributed by atoms with E-state index >= 15 is 0 Å². The standard InChI is InChI=1S/C17H19NO3/c1-2-20-11-12-21-16-10-6-9-15(13-16)18-17(19)14-7-4-3-5-8-14/h3-10,13H,2,11-12H2,1H3,(H,18,19). The van der Waals surface area contributed by atoms with Crippen molar-refractivity contribution in [1.29, 1.82) is 0 Å². The summed E-state index contributed by atoms with van der Waals surface area (Å²) in [5.74, 6) is 0.572. The lowest BCUT2D eigenvalue weighted by atomic mass is 10.2. The zero-order chi connectivity index (χ0) is 14.9. The van der Waals surface area contributed by atoms with Gasteiger partial charge in [0.25, 0.3) is 5.91 Å². The molecule has 1 N–H and O–H groups in total. The highest BCUT2D eigenvalue weighted by Crippen LogP contribution is 2.18. The first-order valence-corrected chi connectivity index (χ1v) is 6.96. The maximum Gasteiger partial charge on any atom is 0.255 e. The van der Waals surface area contributed by atoms with E-state index < -0.39 is 0 Å². The second-order valence-corrected chi connectivity index (χ2v) is 4.39. The summed E-state index contributed by atoms with van der Waals surface area (Å²) in [5, 5.41) is 2.85. The molecule has 2 aromatic carbocycles. The lowest BCUT2D eigenvalue weighted by Crippen LogP contribution is -2.12. The highest BCUT2D eigenvalue weighted by Gasteiger charge is 2.05. The number of hydrogen-bond acceptors (Lipinski definition) is 3. The Morgan fingerprint density at radius 3 is 2.62 bits per heavy atom. The van der Waals surface area contributed by atoms with Gasteiger partial charge in [0.2, 0.25) is 0 Å². The fourth-order valence-electron chi connectivity index (χ4n) is 1.82. The Kier molecular flexibility index (Phi) is 5.79. The van der Waals surface area contributed by atoms with Crippen molar-refractivity contribution in [1.82, 2.24) is 0 Å². The molecule has 2 rings (SSSR count). The van der Waals surface area contributed by atoms with Crippen molar-refractivity contribution < 1.29 is 14.3 Å². The summed E-state index contributed by atoms with van der Waals surface area (Å²) in [6.45, 7) is 3.66. The van der Waals surface area contributed by atoms with E-state index in [1.54, 1.807) is 18.2 Å². The number of benzene rings is 2. The molecule has 0 saturated heterocycles. The minimum absolute atomic E-state index is 0.137. The monoisotopic (exact) mass is 285 g/mol. The molecule has 0 heterocycles. The molecule has 0 fully saturated rings. The van der Waals surface area contributed by atoms with Gasteiger partial charge < -0.3 is 14.8 Å². The molecule has 2 aromatic rings. The summed E-state index contributed by atoms with van der Waals surface area (Å²) in [5.41, 5.74) is 1.33. The number of rotatable bonds is 7. The highest BCUT2D eigenvalue weighted by molar-refractivity contribution is 6.04. The molecule has 4 heteroatoms. The van der Waals surface area contributed by atoms with Gasteiger partial charge in [-0.15, -0.1) is 0 Å². The molecule has 0 atom stereocenters. The molecule has 4 nitrogen and oxygen atoms in total. The van der Waals surface area contributed by atoms with Crippen molar-refractivity contribution >= 4 is 11.6 Å². The maximum atomic E-state index is 12.1. The molecule has 0 aliphatic carbocycles. The summed E-state index contributed by atoms with van der Waals surface area (Å²) < 4.78 is 10.8. The number of amides is 1. The Labute approximate surface area is 124 Å². The van der Waals surface area contributed by atoms with E-state index in [0.717, 1.165) is 0 Å². The Morgan fingerprint density at radius 1 is 1.05 bits per heavy atom. The second kappa shape index (κ2) is 8.07. The van der Waals surface area contributed by atoms with Crippen LogP contribution in [0.25, 0.3) is 0 Å². The molecule has 0 aromatic heterocycles. The molecule has 0 spiro atoms. The first-order valence-electron chi connectivity index (χ1n) is 6.96. The molecule has 0 radical (unpaired) electrons. The van der Waals surface area contributed by atoms with Crippen molar-refractivity contribution in [3.05, 3.63) is 60.2 Å². The molecule has 0 unspecified atom stereocenters. The summed E-state index contributed by atoms with van der Waals surface area (Å²) >= 11 is 0. The van der Waals surface area contributed by atoms with E-state index in [0.29, 0.717) is 36.8 Å². The predicted molar refractivity (Wildman–Crippen MR) is 82.8 cm³/mol. The van der Waals surface area contributed by atoms with E-state index in [1.807, 2.05) is 43.3 Å². The maximum absolute atomic E-state index is 12.1. The van der Waals surface area contributed by atoms with E-state index in [1.165, 1.54) is 0 Å². The van der Waals surface area contributed by atoms with Crippen LogP contribution in [0.3, 0.4) is 0 Å².